The Morgan fingerprint density at radius 2 is 1.76 bits per heavy atom. The van der Waals surface area contributed by atoms with E-state index >= 15 is 0 Å². The van der Waals surface area contributed by atoms with E-state index in [1.54, 1.807) is 43.3 Å². The number of carbonyl (C=O) groups excluding carboxylic acids is 1. The third kappa shape index (κ3) is 4.74. The van der Waals surface area contributed by atoms with Crippen LogP contribution in [0.2, 0.25) is 0 Å². The molecule has 7 nitrogen and oxygen atoms in total. The van der Waals surface area contributed by atoms with Gasteiger partial charge in [0.25, 0.3) is 10.0 Å². The van der Waals surface area contributed by atoms with Crippen LogP contribution in [-0.4, -0.2) is 31.2 Å². The summed E-state index contributed by atoms with van der Waals surface area (Å²) in [5.74, 6) is -0.549. The Bertz CT molecular complexity index is 1480. The first kappa shape index (κ1) is 23.3. The fourth-order valence-electron chi connectivity index (χ4n) is 3.37. The van der Waals surface area contributed by atoms with Crippen LogP contribution in [0.15, 0.2) is 71.6 Å². The monoisotopic (exact) mass is 489 g/mol. The Labute approximate surface area is 192 Å². The van der Waals surface area contributed by atoms with E-state index < -0.39 is 32.6 Å². The second-order valence-corrected chi connectivity index (χ2v) is 8.95. The summed E-state index contributed by atoms with van der Waals surface area (Å²) >= 11 is 0. The second kappa shape index (κ2) is 8.82. The smallest absolute Gasteiger partial charge is 0.416 e. The summed E-state index contributed by atoms with van der Waals surface area (Å²) < 4.78 is 71.6. The highest BCUT2D eigenvalue weighted by Gasteiger charge is 2.31. The number of fused-ring (bicyclic) bond motifs is 1. The Morgan fingerprint density at radius 1 is 1.03 bits per heavy atom. The number of alkyl halides is 3. The van der Waals surface area contributed by atoms with Crippen LogP contribution in [-0.2, 0) is 20.9 Å². The number of H-pyrrole nitrogens is 1. The van der Waals surface area contributed by atoms with E-state index in [-0.39, 0.29) is 18.0 Å². The number of nitrogens with zero attached hydrogens (tertiary/aromatic N) is 1. The van der Waals surface area contributed by atoms with Crippen molar-refractivity contribution < 1.29 is 31.1 Å². The minimum atomic E-state index is -4.66. The molecule has 0 saturated heterocycles. The van der Waals surface area contributed by atoms with Gasteiger partial charge in [-0.05, 0) is 60.5 Å². The molecule has 0 aliphatic rings. The third-order valence-electron chi connectivity index (χ3n) is 4.95. The van der Waals surface area contributed by atoms with Crippen LogP contribution >= 0.6 is 0 Å². The predicted molar refractivity (Wildman–Crippen MR) is 120 cm³/mol. The lowest BCUT2D eigenvalue weighted by Gasteiger charge is -2.12. The predicted octanol–water partition coefficient (Wildman–Crippen LogP) is 5.23. The van der Waals surface area contributed by atoms with Gasteiger partial charge in [-0.3, -0.25) is 9.82 Å². The molecule has 4 aromatic rings. The van der Waals surface area contributed by atoms with Crippen molar-refractivity contribution in [2.45, 2.75) is 18.0 Å². The van der Waals surface area contributed by atoms with Gasteiger partial charge in [0.1, 0.15) is 0 Å². The Morgan fingerprint density at radius 3 is 2.50 bits per heavy atom. The highest BCUT2D eigenvalue weighted by atomic mass is 32.2. The molecule has 0 aliphatic carbocycles. The molecular formula is C23H18F3N3O4S. The zero-order valence-corrected chi connectivity index (χ0v) is 18.5. The van der Waals surface area contributed by atoms with Crippen molar-refractivity contribution in [2.24, 2.45) is 0 Å². The number of halogens is 3. The van der Waals surface area contributed by atoms with Crippen molar-refractivity contribution in [3.63, 3.8) is 0 Å². The summed E-state index contributed by atoms with van der Waals surface area (Å²) in [6.07, 6.45) is -4.66. The Hall–Kier alpha value is -3.86. The molecule has 1 heterocycles. The van der Waals surface area contributed by atoms with E-state index in [0.717, 1.165) is 18.2 Å². The molecule has 3 aromatic carbocycles. The number of carbonyl (C=O) groups is 1. The summed E-state index contributed by atoms with van der Waals surface area (Å²) in [5.41, 5.74) is 1.19. The van der Waals surface area contributed by atoms with Crippen molar-refractivity contribution in [3.8, 4) is 11.1 Å². The van der Waals surface area contributed by atoms with Crippen molar-refractivity contribution in [1.82, 2.24) is 10.2 Å². The number of hydrogen-bond donors (Lipinski definition) is 2. The number of anilines is 1. The number of nitrogens with one attached hydrogen (secondary N) is 2. The van der Waals surface area contributed by atoms with Crippen LogP contribution in [0.1, 0.15) is 23.0 Å². The van der Waals surface area contributed by atoms with E-state index in [1.165, 1.54) is 6.07 Å². The van der Waals surface area contributed by atoms with E-state index in [2.05, 4.69) is 14.9 Å². The third-order valence-corrected chi connectivity index (χ3v) is 6.33. The molecule has 2 N–H and O–H groups in total. The van der Waals surface area contributed by atoms with E-state index in [1.807, 2.05) is 0 Å². The summed E-state index contributed by atoms with van der Waals surface area (Å²) in [4.78, 5) is 11.5. The molecular weight excluding hydrogens is 471 g/mol. The molecule has 0 aliphatic heterocycles. The number of rotatable bonds is 6. The second-order valence-electron chi connectivity index (χ2n) is 7.26. The van der Waals surface area contributed by atoms with Gasteiger partial charge in [0, 0.05) is 11.1 Å². The van der Waals surface area contributed by atoms with Crippen molar-refractivity contribution in [1.29, 1.82) is 0 Å². The molecule has 11 heteroatoms. The van der Waals surface area contributed by atoms with Gasteiger partial charge in [0.2, 0.25) is 0 Å². The number of benzene rings is 3. The number of sulfonamides is 1. The number of hydrogen-bond acceptors (Lipinski definition) is 5. The molecule has 0 radical (unpaired) electrons. The first-order valence-electron chi connectivity index (χ1n) is 10.0. The van der Waals surface area contributed by atoms with E-state index in [4.69, 9.17) is 4.74 Å². The Balaban J connectivity index is 1.62. The topological polar surface area (TPSA) is 101 Å². The van der Waals surface area contributed by atoms with Gasteiger partial charge in [-0.2, -0.15) is 18.3 Å². The molecule has 0 fully saturated rings. The molecule has 4 rings (SSSR count). The van der Waals surface area contributed by atoms with Gasteiger partial charge in [-0.1, -0.05) is 24.3 Å². The summed E-state index contributed by atoms with van der Waals surface area (Å²) in [5, 5.41) is 7.35. The highest BCUT2D eigenvalue weighted by molar-refractivity contribution is 7.92. The van der Waals surface area contributed by atoms with E-state index in [0.29, 0.717) is 28.1 Å². The number of ether oxygens (including phenoxy) is 1. The molecule has 34 heavy (non-hydrogen) atoms. The molecule has 176 valence electrons. The maximum atomic E-state index is 13.0. The molecule has 1 aromatic heterocycles. The van der Waals surface area contributed by atoms with Crippen LogP contribution in [0.3, 0.4) is 0 Å². The van der Waals surface area contributed by atoms with Gasteiger partial charge in [-0.25, -0.2) is 13.2 Å². The Kier molecular flexibility index (Phi) is 6.05. The number of aromatic nitrogens is 2. The molecule has 0 bridgehead atoms. The average molecular weight is 489 g/mol. The first-order valence-corrected chi connectivity index (χ1v) is 11.5. The fraction of sp³-hybridized carbons (Fsp3) is 0.130. The summed E-state index contributed by atoms with van der Waals surface area (Å²) in [7, 11) is -4.26. The molecule has 0 unspecified atom stereocenters. The quantitative estimate of drug-likeness (QED) is 0.362. The van der Waals surface area contributed by atoms with Crippen molar-refractivity contribution in [3.05, 3.63) is 78.0 Å². The van der Waals surface area contributed by atoms with Gasteiger partial charge < -0.3 is 4.74 Å². The molecule has 0 atom stereocenters. The van der Waals surface area contributed by atoms with Gasteiger partial charge in [0.15, 0.2) is 5.69 Å². The number of aromatic amines is 1. The largest absolute Gasteiger partial charge is 0.461 e. The lowest BCUT2D eigenvalue weighted by molar-refractivity contribution is -0.137. The van der Waals surface area contributed by atoms with E-state index in [9.17, 15) is 26.4 Å². The first-order chi connectivity index (χ1) is 16.1. The minimum Gasteiger partial charge on any atom is -0.461 e. The summed E-state index contributed by atoms with van der Waals surface area (Å²) in [6.45, 7) is 1.91. The molecule has 0 saturated carbocycles. The number of esters is 1. The van der Waals surface area contributed by atoms with Gasteiger partial charge >= 0.3 is 12.1 Å². The van der Waals surface area contributed by atoms with Crippen LogP contribution in [0, 0.1) is 0 Å². The van der Waals surface area contributed by atoms with Crippen LogP contribution in [0.25, 0.3) is 22.0 Å². The van der Waals surface area contributed by atoms with Crippen LogP contribution in [0.5, 0.6) is 0 Å². The maximum absolute atomic E-state index is 13.0. The molecule has 0 amide bonds. The minimum absolute atomic E-state index is 0.158. The lowest BCUT2D eigenvalue weighted by Crippen LogP contribution is -2.14. The standard InChI is InChI=1S/C23H18F3N3O4S/c1-2-33-22(30)21-19-10-9-15(12-20(19)27-28-21)14-5-3-7-17(11-14)29-34(31,32)18-8-4-6-16(13-18)23(24,25)26/h3-13,29H,2H2,1H3,(H,27,28). The lowest BCUT2D eigenvalue weighted by atomic mass is 10.0. The SMILES string of the molecule is CCOC(=O)c1n[nH]c2cc(-c3cccc(NS(=O)(=O)c4cccc(C(F)(F)F)c4)c3)ccc12. The normalized spacial score (nSPS) is 12.0. The van der Waals surface area contributed by atoms with Crippen molar-refractivity contribution in [2.75, 3.05) is 11.3 Å². The summed E-state index contributed by atoms with van der Waals surface area (Å²) in [6, 6.07) is 15.1. The van der Waals surface area contributed by atoms with Crippen LogP contribution < -0.4 is 4.72 Å². The van der Waals surface area contributed by atoms with Crippen LogP contribution in [0.4, 0.5) is 18.9 Å². The van der Waals surface area contributed by atoms with Gasteiger partial charge in [-0.15, -0.1) is 0 Å². The fourth-order valence-corrected chi connectivity index (χ4v) is 4.47. The average Bonchev–Trinajstić information content (AvgIpc) is 3.22. The molecule has 0 spiro atoms. The van der Waals surface area contributed by atoms with Crippen molar-refractivity contribution >= 4 is 32.6 Å². The highest BCUT2D eigenvalue weighted by Crippen LogP contribution is 2.32. The van der Waals surface area contributed by atoms with Gasteiger partial charge in [0.05, 0.1) is 22.6 Å². The zero-order chi connectivity index (χ0) is 24.5. The maximum Gasteiger partial charge on any atom is 0.416 e. The zero-order valence-electron chi connectivity index (χ0n) is 17.7.